The number of anilines is 2. The summed E-state index contributed by atoms with van der Waals surface area (Å²) in [6.07, 6.45) is 0. The maximum atomic E-state index is 12.8. The molecule has 0 saturated carbocycles. The third kappa shape index (κ3) is 3.23. The predicted molar refractivity (Wildman–Crippen MR) is 102 cm³/mol. The minimum atomic E-state index is -0.682. The molecule has 0 spiro atoms. The minimum Gasteiger partial charge on any atom is -0.349 e. The highest BCUT2D eigenvalue weighted by Gasteiger charge is 2.40. The summed E-state index contributed by atoms with van der Waals surface area (Å²) in [5.74, 6) is -1.31. The highest BCUT2D eigenvalue weighted by Crippen LogP contribution is 2.36. The Hall–Kier alpha value is -1.72. The molecule has 0 aliphatic carbocycles. The topological polar surface area (TPSA) is 49.4 Å². The molecule has 0 bridgehead atoms. The van der Waals surface area contributed by atoms with Crippen molar-refractivity contribution >= 4 is 69.6 Å². The van der Waals surface area contributed by atoms with E-state index in [1.165, 1.54) is 12.1 Å². The lowest BCUT2D eigenvalue weighted by Gasteiger charge is -2.17. The van der Waals surface area contributed by atoms with Crippen LogP contribution in [0.5, 0.6) is 0 Å². The summed E-state index contributed by atoms with van der Waals surface area (Å²) in [7, 11) is 0. The summed E-state index contributed by atoms with van der Waals surface area (Å²) in [5.41, 5.74) is 1.41. The number of carbonyl (C=O) groups excluding carboxylic acids is 2. The number of nitrogens with one attached hydrogen (secondary N) is 1. The van der Waals surface area contributed by atoms with Gasteiger partial charge in [0, 0.05) is 15.7 Å². The summed E-state index contributed by atoms with van der Waals surface area (Å²) in [6, 6.07) is 9.65. The molecule has 8 heteroatoms. The molecule has 2 aromatic carbocycles. The predicted octanol–water partition coefficient (Wildman–Crippen LogP) is 5.39. The first-order valence-electron chi connectivity index (χ1n) is 7.07. The van der Waals surface area contributed by atoms with Gasteiger partial charge in [0.1, 0.15) is 10.7 Å². The number of imide groups is 1. The molecular formula is C17H10Cl4N2O2. The van der Waals surface area contributed by atoms with Crippen molar-refractivity contribution in [1.82, 2.24) is 0 Å². The van der Waals surface area contributed by atoms with Crippen molar-refractivity contribution in [2.24, 2.45) is 0 Å². The molecule has 2 aromatic rings. The van der Waals surface area contributed by atoms with Crippen LogP contribution in [-0.4, -0.2) is 11.8 Å². The third-order valence-corrected chi connectivity index (χ3v) is 5.02. The number of carbonyl (C=O) groups is 2. The normalized spacial score (nSPS) is 14.5. The molecule has 1 aliphatic rings. The molecule has 3 rings (SSSR count). The van der Waals surface area contributed by atoms with Crippen molar-refractivity contribution in [3.63, 3.8) is 0 Å². The van der Waals surface area contributed by atoms with E-state index in [-0.39, 0.29) is 21.4 Å². The smallest absolute Gasteiger partial charge is 0.283 e. The Labute approximate surface area is 163 Å². The van der Waals surface area contributed by atoms with E-state index >= 15 is 0 Å². The third-order valence-electron chi connectivity index (χ3n) is 3.70. The number of rotatable bonds is 3. The summed E-state index contributed by atoms with van der Waals surface area (Å²) in [4.78, 5) is 26.1. The summed E-state index contributed by atoms with van der Waals surface area (Å²) < 4.78 is 0. The summed E-state index contributed by atoms with van der Waals surface area (Å²) in [5, 5.41) is 3.72. The van der Waals surface area contributed by atoms with Gasteiger partial charge in [0.15, 0.2) is 0 Å². The van der Waals surface area contributed by atoms with Crippen molar-refractivity contribution in [2.75, 3.05) is 10.2 Å². The van der Waals surface area contributed by atoms with Crippen LogP contribution in [0.4, 0.5) is 11.4 Å². The van der Waals surface area contributed by atoms with Crippen molar-refractivity contribution in [3.8, 4) is 0 Å². The molecule has 1 N–H and O–H groups in total. The Morgan fingerprint density at radius 2 is 1.64 bits per heavy atom. The van der Waals surface area contributed by atoms with E-state index < -0.39 is 11.8 Å². The number of benzene rings is 2. The van der Waals surface area contributed by atoms with Gasteiger partial charge in [0.05, 0.1) is 10.7 Å². The molecule has 0 radical (unpaired) electrons. The first-order valence-corrected chi connectivity index (χ1v) is 8.58. The lowest BCUT2D eigenvalue weighted by Crippen LogP contribution is -2.32. The van der Waals surface area contributed by atoms with Crippen LogP contribution in [0.15, 0.2) is 47.1 Å². The summed E-state index contributed by atoms with van der Waals surface area (Å²) >= 11 is 24.2. The zero-order chi connectivity index (χ0) is 18.3. The monoisotopic (exact) mass is 414 g/mol. The van der Waals surface area contributed by atoms with Crippen LogP contribution in [0.3, 0.4) is 0 Å². The molecular weight excluding hydrogens is 406 g/mol. The second kappa shape index (κ2) is 6.89. The molecule has 1 heterocycles. The van der Waals surface area contributed by atoms with Crippen LogP contribution in [0.1, 0.15) is 5.56 Å². The van der Waals surface area contributed by atoms with Crippen molar-refractivity contribution in [2.45, 2.75) is 6.92 Å². The van der Waals surface area contributed by atoms with Crippen molar-refractivity contribution in [3.05, 3.63) is 67.8 Å². The van der Waals surface area contributed by atoms with Gasteiger partial charge in [0.25, 0.3) is 11.8 Å². The van der Waals surface area contributed by atoms with E-state index in [1.807, 2.05) is 0 Å². The molecule has 0 unspecified atom stereocenters. The SMILES string of the molecule is Cc1c(Cl)cccc1NC1=C(Cl)C(=O)N(c2cc(Cl)ccc2Cl)C1=O. The van der Waals surface area contributed by atoms with E-state index in [4.69, 9.17) is 46.4 Å². The lowest BCUT2D eigenvalue weighted by atomic mass is 10.2. The van der Waals surface area contributed by atoms with Gasteiger partial charge in [-0.05, 0) is 42.8 Å². The molecule has 0 atom stereocenters. The quantitative estimate of drug-likeness (QED) is 0.683. The second-order valence-corrected chi connectivity index (χ2v) is 6.90. The van der Waals surface area contributed by atoms with E-state index in [9.17, 15) is 9.59 Å². The van der Waals surface area contributed by atoms with Crippen LogP contribution in [0, 0.1) is 6.92 Å². The highest BCUT2D eigenvalue weighted by molar-refractivity contribution is 6.54. The Bertz CT molecular complexity index is 940. The highest BCUT2D eigenvalue weighted by atomic mass is 35.5. The molecule has 2 amide bonds. The fourth-order valence-electron chi connectivity index (χ4n) is 2.36. The maximum Gasteiger partial charge on any atom is 0.283 e. The van der Waals surface area contributed by atoms with Gasteiger partial charge >= 0.3 is 0 Å². The van der Waals surface area contributed by atoms with Gasteiger partial charge in [-0.2, -0.15) is 0 Å². The van der Waals surface area contributed by atoms with Crippen LogP contribution in [0.2, 0.25) is 15.1 Å². The first kappa shape index (κ1) is 18.1. The summed E-state index contributed by atoms with van der Waals surface area (Å²) in [6.45, 7) is 1.78. The van der Waals surface area contributed by atoms with E-state index in [1.54, 1.807) is 31.2 Å². The lowest BCUT2D eigenvalue weighted by molar-refractivity contribution is -0.120. The zero-order valence-corrected chi connectivity index (χ0v) is 15.8. The van der Waals surface area contributed by atoms with E-state index in [0.29, 0.717) is 15.7 Å². The Kier molecular flexibility index (Phi) is 4.98. The minimum absolute atomic E-state index is 0.0481. The Morgan fingerprint density at radius 3 is 2.36 bits per heavy atom. The zero-order valence-electron chi connectivity index (χ0n) is 12.7. The van der Waals surface area contributed by atoms with Crippen LogP contribution < -0.4 is 10.2 Å². The number of nitrogens with zero attached hydrogens (tertiary/aromatic N) is 1. The average molecular weight is 416 g/mol. The van der Waals surface area contributed by atoms with Gasteiger partial charge in [-0.1, -0.05) is 52.5 Å². The maximum absolute atomic E-state index is 12.8. The van der Waals surface area contributed by atoms with Crippen molar-refractivity contribution < 1.29 is 9.59 Å². The van der Waals surface area contributed by atoms with Gasteiger partial charge in [-0.25, -0.2) is 4.90 Å². The van der Waals surface area contributed by atoms with E-state index in [0.717, 1.165) is 10.5 Å². The Balaban J connectivity index is 2.00. The molecule has 4 nitrogen and oxygen atoms in total. The molecule has 25 heavy (non-hydrogen) atoms. The van der Waals surface area contributed by atoms with Crippen LogP contribution >= 0.6 is 46.4 Å². The fraction of sp³-hybridized carbons (Fsp3) is 0.0588. The van der Waals surface area contributed by atoms with Gasteiger partial charge in [-0.3, -0.25) is 9.59 Å². The van der Waals surface area contributed by atoms with Gasteiger partial charge in [-0.15, -0.1) is 0 Å². The van der Waals surface area contributed by atoms with Crippen molar-refractivity contribution in [1.29, 1.82) is 0 Å². The first-order chi connectivity index (χ1) is 11.8. The van der Waals surface area contributed by atoms with E-state index in [2.05, 4.69) is 5.32 Å². The molecule has 0 aromatic heterocycles. The largest absolute Gasteiger partial charge is 0.349 e. The number of hydrogen-bond acceptors (Lipinski definition) is 3. The molecule has 0 fully saturated rings. The van der Waals surface area contributed by atoms with Crippen LogP contribution in [-0.2, 0) is 9.59 Å². The Morgan fingerprint density at radius 1 is 0.920 bits per heavy atom. The fourth-order valence-corrected chi connectivity index (χ4v) is 3.12. The average Bonchev–Trinajstić information content (AvgIpc) is 2.78. The van der Waals surface area contributed by atoms with Crippen LogP contribution in [0.25, 0.3) is 0 Å². The van der Waals surface area contributed by atoms with Gasteiger partial charge < -0.3 is 5.32 Å². The standard InChI is InChI=1S/C17H10Cl4N2O2/c1-8-10(19)3-2-4-12(8)22-15-14(21)16(24)23(17(15)25)13-7-9(18)5-6-11(13)20/h2-7,22H,1H3. The molecule has 128 valence electrons. The number of halogens is 4. The number of amides is 2. The number of hydrogen-bond donors (Lipinski definition) is 1. The molecule has 1 aliphatic heterocycles. The van der Waals surface area contributed by atoms with Gasteiger partial charge in [0.2, 0.25) is 0 Å². The molecule has 0 saturated heterocycles. The second-order valence-electron chi connectivity index (χ2n) is 5.27.